The van der Waals surface area contributed by atoms with E-state index in [-0.39, 0.29) is 5.91 Å². The molecule has 0 aliphatic heterocycles. The fraction of sp³-hybridized carbons (Fsp3) is 0.250. The number of anilines is 1. The van der Waals surface area contributed by atoms with Crippen LogP contribution in [-0.2, 0) is 5.60 Å². The second kappa shape index (κ2) is 5.43. The van der Waals surface area contributed by atoms with Crippen molar-refractivity contribution in [3.8, 4) is 0 Å². The number of nitrogens with one attached hydrogen (secondary N) is 1. The highest BCUT2D eigenvalue weighted by Gasteiger charge is 2.17. The van der Waals surface area contributed by atoms with E-state index in [1.165, 1.54) is 0 Å². The van der Waals surface area contributed by atoms with E-state index >= 15 is 0 Å². The second-order valence-corrected chi connectivity index (χ2v) is 5.28. The molecule has 0 saturated carbocycles. The van der Waals surface area contributed by atoms with Crippen LogP contribution in [0.25, 0.3) is 0 Å². The summed E-state index contributed by atoms with van der Waals surface area (Å²) in [6.45, 7) is 5.25. The van der Waals surface area contributed by atoms with Crippen LogP contribution in [0.1, 0.15) is 35.5 Å². The van der Waals surface area contributed by atoms with E-state index in [1.807, 2.05) is 6.92 Å². The molecule has 1 aromatic heterocycles. The van der Waals surface area contributed by atoms with Crippen molar-refractivity contribution in [2.45, 2.75) is 26.4 Å². The molecule has 4 nitrogen and oxygen atoms in total. The van der Waals surface area contributed by atoms with Crippen molar-refractivity contribution in [2.75, 3.05) is 5.32 Å². The van der Waals surface area contributed by atoms with Gasteiger partial charge in [0.05, 0.1) is 5.60 Å². The molecular weight excluding hydrogens is 252 g/mol. The predicted molar refractivity (Wildman–Crippen MR) is 78.6 cm³/mol. The smallest absolute Gasteiger partial charge is 0.255 e. The lowest BCUT2D eigenvalue weighted by Crippen LogP contribution is -2.18. The van der Waals surface area contributed by atoms with Crippen molar-refractivity contribution >= 4 is 11.6 Å². The van der Waals surface area contributed by atoms with Gasteiger partial charge >= 0.3 is 0 Å². The molecule has 0 aliphatic carbocycles. The number of pyridine rings is 1. The average Bonchev–Trinajstić information content (AvgIpc) is 2.38. The molecule has 4 heteroatoms. The molecule has 0 unspecified atom stereocenters. The summed E-state index contributed by atoms with van der Waals surface area (Å²) in [6, 6.07) is 10.5. The van der Waals surface area contributed by atoms with Gasteiger partial charge in [-0.25, -0.2) is 0 Å². The molecule has 1 amide bonds. The highest BCUT2D eigenvalue weighted by molar-refractivity contribution is 6.04. The Hall–Kier alpha value is -2.20. The Balaban J connectivity index is 2.22. The monoisotopic (exact) mass is 270 g/mol. The zero-order valence-electron chi connectivity index (χ0n) is 11.8. The van der Waals surface area contributed by atoms with Crippen molar-refractivity contribution in [3.63, 3.8) is 0 Å². The first kappa shape index (κ1) is 14.2. The van der Waals surface area contributed by atoms with Gasteiger partial charge in [-0.2, -0.15) is 0 Å². The number of carbonyl (C=O) groups is 1. The van der Waals surface area contributed by atoms with Gasteiger partial charge in [-0.05, 0) is 50.6 Å². The number of nitrogens with zero attached hydrogens (tertiary/aromatic N) is 1. The van der Waals surface area contributed by atoms with Crippen molar-refractivity contribution in [1.82, 2.24) is 4.98 Å². The molecule has 20 heavy (non-hydrogen) atoms. The molecule has 0 spiro atoms. The minimum Gasteiger partial charge on any atom is -0.386 e. The number of rotatable bonds is 3. The number of hydrogen-bond acceptors (Lipinski definition) is 3. The summed E-state index contributed by atoms with van der Waals surface area (Å²) in [5, 5.41) is 12.8. The zero-order chi connectivity index (χ0) is 14.8. The topological polar surface area (TPSA) is 62.2 Å². The molecule has 2 rings (SSSR count). The van der Waals surface area contributed by atoms with Gasteiger partial charge in [0.2, 0.25) is 0 Å². The Morgan fingerprint density at radius 2 is 2.00 bits per heavy atom. The maximum atomic E-state index is 12.2. The fourth-order valence-electron chi connectivity index (χ4n) is 1.87. The lowest BCUT2D eigenvalue weighted by molar-refractivity contribution is 0.0785. The Morgan fingerprint density at radius 1 is 1.25 bits per heavy atom. The van der Waals surface area contributed by atoms with E-state index < -0.39 is 5.60 Å². The minimum absolute atomic E-state index is 0.207. The molecule has 0 atom stereocenters. The number of benzene rings is 1. The van der Waals surface area contributed by atoms with Crippen LogP contribution in [-0.4, -0.2) is 16.0 Å². The number of aliphatic hydroxyl groups is 1. The third-order valence-electron chi connectivity index (χ3n) is 2.99. The predicted octanol–water partition coefficient (Wildman–Crippen LogP) is 2.87. The summed E-state index contributed by atoms with van der Waals surface area (Å²) >= 11 is 0. The summed E-state index contributed by atoms with van der Waals surface area (Å²) in [5.41, 5.74) is 1.79. The number of aromatic nitrogens is 1. The van der Waals surface area contributed by atoms with Crippen molar-refractivity contribution < 1.29 is 9.90 Å². The molecule has 104 valence electrons. The van der Waals surface area contributed by atoms with Gasteiger partial charge in [0.1, 0.15) is 0 Å². The SMILES string of the molecule is Cc1cc(NC(=O)c2cccc(C(C)(C)O)c2)ccn1. The third kappa shape index (κ3) is 3.42. The van der Waals surface area contributed by atoms with Crippen LogP contribution in [0.4, 0.5) is 5.69 Å². The molecule has 0 radical (unpaired) electrons. The van der Waals surface area contributed by atoms with E-state index in [1.54, 1.807) is 56.4 Å². The molecule has 1 heterocycles. The van der Waals surface area contributed by atoms with Crippen molar-refractivity contribution in [3.05, 3.63) is 59.4 Å². The molecule has 0 bridgehead atoms. The number of amides is 1. The van der Waals surface area contributed by atoms with Gasteiger partial charge in [-0.1, -0.05) is 12.1 Å². The van der Waals surface area contributed by atoms with Crippen LogP contribution in [0.15, 0.2) is 42.6 Å². The van der Waals surface area contributed by atoms with Gasteiger partial charge in [0.15, 0.2) is 0 Å². The zero-order valence-corrected chi connectivity index (χ0v) is 11.8. The summed E-state index contributed by atoms with van der Waals surface area (Å²) in [6.07, 6.45) is 1.65. The van der Waals surface area contributed by atoms with Crippen molar-refractivity contribution in [1.29, 1.82) is 0 Å². The minimum atomic E-state index is -0.969. The van der Waals surface area contributed by atoms with Gasteiger partial charge in [-0.15, -0.1) is 0 Å². The van der Waals surface area contributed by atoms with Crippen LogP contribution < -0.4 is 5.32 Å². The Morgan fingerprint density at radius 3 is 2.65 bits per heavy atom. The van der Waals surface area contributed by atoms with Gasteiger partial charge in [-0.3, -0.25) is 9.78 Å². The summed E-state index contributed by atoms with van der Waals surface area (Å²) in [4.78, 5) is 16.3. The van der Waals surface area contributed by atoms with Crippen molar-refractivity contribution in [2.24, 2.45) is 0 Å². The van der Waals surface area contributed by atoms with Crippen LogP contribution in [0.2, 0.25) is 0 Å². The summed E-state index contributed by atoms with van der Waals surface area (Å²) in [5.74, 6) is -0.207. The number of aryl methyl sites for hydroxylation is 1. The summed E-state index contributed by atoms with van der Waals surface area (Å²) in [7, 11) is 0. The van der Waals surface area contributed by atoms with E-state index in [4.69, 9.17) is 0 Å². The van der Waals surface area contributed by atoms with Crippen LogP contribution in [0.3, 0.4) is 0 Å². The maximum Gasteiger partial charge on any atom is 0.255 e. The number of carbonyl (C=O) groups excluding carboxylic acids is 1. The quantitative estimate of drug-likeness (QED) is 0.901. The highest BCUT2D eigenvalue weighted by atomic mass is 16.3. The van der Waals surface area contributed by atoms with E-state index in [0.29, 0.717) is 16.8 Å². The standard InChI is InChI=1S/C16H18N2O2/c1-11-9-14(7-8-17-11)18-15(19)12-5-4-6-13(10-12)16(2,3)20/h4-10,20H,1-3H3,(H,17,18,19). The first-order valence-corrected chi connectivity index (χ1v) is 6.43. The van der Waals surface area contributed by atoms with E-state index in [9.17, 15) is 9.90 Å². The molecule has 0 fully saturated rings. The third-order valence-corrected chi connectivity index (χ3v) is 2.99. The van der Waals surface area contributed by atoms with Gasteiger partial charge < -0.3 is 10.4 Å². The molecule has 0 aliphatic rings. The number of hydrogen-bond donors (Lipinski definition) is 2. The Bertz CT molecular complexity index is 630. The lowest BCUT2D eigenvalue weighted by atomic mass is 9.96. The Labute approximate surface area is 118 Å². The normalized spacial score (nSPS) is 11.2. The van der Waals surface area contributed by atoms with Gasteiger partial charge in [0.25, 0.3) is 5.91 Å². The largest absolute Gasteiger partial charge is 0.386 e. The van der Waals surface area contributed by atoms with Crippen LogP contribution in [0, 0.1) is 6.92 Å². The molecule has 2 N–H and O–H groups in total. The average molecular weight is 270 g/mol. The molecule has 2 aromatic rings. The second-order valence-electron chi connectivity index (χ2n) is 5.28. The van der Waals surface area contributed by atoms with Crippen LogP contribution >= 0.6 is 0 Å². The van der Waals surface area contributed by atoms with Crippen LogP contribution in [0.5, 0.6) is 0 Å². The molecule has 0 saturated heterocycles. The highest BCUT2D eigenvalue weighted by Crippen LogP contribution is 2.21. The summed E-state index contributed by atoms with van der Waals surface area (Å²) < 4.78 is 0. The molecule has 1 aromatic carbocycles. The lowest BCUT2D eigenvalue weighted by Gasteiger charge is -2.18. The van der Waals surface area contributed by atoms with Gasteiger partial charge in [0, 0.05) is 23.1 Å². The first-order chi connectivity index (χ1) is 9.36. The maximum absolute atomic E-state index is 12.2. The molecular formula is C16H18N2O2. The first-order valence-electron chi connectivity index (χ1n) is 6.43. The van der Waals surface area contributed by atoms with E-state index in [2.05, 4.69) is 10.3 Å². The Kier molecular flexibility index (Phi) is 3.86. The fourth-order valence-corrected chi connectivity index (χ4v) is 1.87. The van der Waals surface area contributed by atoms with E-state index in [0.717, 1.165) is 5.69 Å².